The molecule has 0 saturated carbocycles. The number of nitrogens with one attached hydrogen (secondary N) is 1. The van der Waals surface area contributed by atoms with Crippen LogP contribution in [-0.4, -0.2) is 84.5 Å². The molecule has 1 fully saturated rings. The number of benzene rings is 2. The zero-order valence-electron chi connectivity index (χ0n) is 23.8. The number of hydrogen-bond acceptors (Lipinski definition) is 9. The van der Waals surface area contributed by atoms with E-state index >= 15 is 0 Å². The fourth-order valence-corrected chi connectivity index (χ4v) is 6.23. The molecule has 11 nitrogen and oxygen atoms in total. The molecule has 2 aromatic heterocycles. The monoisotopic (exact) mass is 578 g/mol. The second kappa shape index (κ2) is 11.4. The van der Waals surface area contributed by atoms with E-state index in [0.29, 0.717) is 35.5 Å². The summed E-state index contributed by atoms with van der Waals surface area (Å²) in [5.41, 5.74) is 2.14. The van der Waals surface area contributed by atoms with Gasteiger partial charge >= 0.3 is 0 Å². The number of nitrogens with zero attached hydrogens (tertiary/aromatic N) is 5. The number of fused-ring (bicyclic) bond motifs is 1. The van der Waals surface area contributed by atoms with Crippen LogP contribution in [0, 0.1) is 6.92 Å². The molecule has 41 heavy (non-hydrogen) atoms. The molecule has 4 aromatic rings. The molecule has 1 atom stereocenters. The van der Waals surface area contributed by atoms with Gasteiger partial charge in [-0.05, 0) is 64.2 Å². The first-order chi connectivity index (χ1) is 19.6. The van der Waals surface area contributed by atoms with Crippen LogP contribution in [-0.2, 0) is 10.0 Å². The highest BCUT2D eigenvalue weighted by molar-refractivity contribution is 7.90. The van der Waals surface area contributed by atoms with Crippen molar-refractivity contribution in [3.05, 3.63) is 65.9 Å². The van der Waals surface area contributed by atoms with Gasteiger partial charge < -0.3 is 24.6 Å². The highest BCUT2D eigenvalue weighted by Gasteiger charge is 2.27. The third kappa shape index (κ3) is 5.57. The first-order valence-electron chi connectivity index (χ1n) is 13.4. The number of aromatic nitrogens is 3. The van der Waals surface area contributed by atoms with Crippen molar-refractivity contribution >= 4 is 38.6 Å². The van der Waals surface area contributed by atoms with Crippen LogP contribution in [0.15, 0.2) is 59.6 Å². The molecule has 0 unspecified atom stereocenters. The summed E-state index contributed by atoms with van der Waals surface area (Å²) in [7, 11) is -0.369. The zero-order chi connectivity index (χ0) is 29.3. The number of methoxy groups -OCH3 is 1. The molecule has 1 N–H and O–H groups in total. The molecule has 0 aliphatic carbocycles. The van der Waals surface area contributed by atoms with E-state index < -0.39 is 10.0 Å². The largest absolute Gasteiger partial charge is 0.495 e. The number of rotatable bonds is 8. The summed E-state index contributed by atoms with van der Waals surface area (Å²) in [6.07, 6.45) is 1.45. The Labute approximate surface area is 239 Å². The molecule has 216 valence electrons. The van der Waals surface area contributed by atoms with Crippen molar-refractivity contribution in [2.45, 2.75) is 31.7 Å². The van der Waals surface area contributed by atoms with E-state index in [1.54, 1.807) is 48.5 Å². The van der Waals surface area contributed by atoms with Gasteiger partial charge in [0, 0.05) is 37.4 Å². The lowest BCUT2D eigenvalue weighted by Gasteiger charge is -2.38. The summed E-state index contributed by atoms with van der Waals surface area (Å²) in [6, 6.07) is 13.5. The van der Waals surface area contributed by atoms with Crippen LogP contribution in [0.1, 0.15) is 29.8 Å². The van der Waals surface area contributed by atoms with E-state index in [2.05, 4.69) is 20.2 Å². The minimum atomic E-state index is -3.93. The fraction of sp³-hybridized carbons (Fsp3) is 0.345. The Bertz CT molecular complexity index is 1690. The summed E-state index contributed by atoms with van der Waals surface area (Å²) in [5, 5.41) is 3.58. The van der Waals surface area contributed by atoms with Gasteiger partial charge in [-0.2, -0.15) is 9.97 Å². The lowest BCUT2D eigenvalue weighted by Crippen LogP contribution is -2.52. The number of likely N-dealkylation sites (N-methyl/N-ethyl adjacent to an activating group) is 1. The lowest BCUT2D eigenvalue weighted by molar-refractivity contribution is 0.0533. The maximum Gasteiger partial charge on any atom is 0.269 e. The Morgan fingerprint density at radius 2 is 1.85 bits per heavy atom. The van der Waals surface area contributed by atoms with Gasteiger partial charge in [-0.1, -0.05) is 17.7 Å². The molecular formula is C29H34N6O5S. The standard InChI is InChI=1S/C29H34N6O5S/c1-6-40-27-23-13-14-35(41(37,38)22-10-7-19(2)8-11-22)26(23)31-29(32-27)30-24-12-9-21(17-25(24)39-5)28(36)34-16-15-33(4)18-20(34)3/h7-14,17,20H,6,15-16,18H2,1-5H3,(H,30,31,32)/t20-/m1/s1. The Morgan fingerprint density at radius 3 is 2.54 bits per heavy atom. The SMILES string of the molecule is CCOc1nc(Nc2ccc(C(=O)N3CCN(C)C[C@H]3C)cc2OC)nc2c1ccn2S(=O)(=O)c1ccc(C)cc1. The molecule has 2 aromatic carbocycles. The summed E-state index contributed by atoms with van der Waals surface area (Å²) >= 11 is 0. The van der Waals surface area contributed by atoms with E-state index in [1.165, 1.54) is 13.3 Å². The number of ether oxygens (including phenoxy) is 2. The van der Waals surface area contributed by atoms with E-state index in [0.717, 1.165) is 22.6 Å². The van der Waals surface area contributed by atoms with Crippen molar-refractivity contribution in [3.8, 4) is 11.6 Å². The van der Waals surface area contributed by atoms with Crippen LogP contribution < -0.4 is 14.8 Å². The first kappa shape index (κ1) is 28.4. The van der Waals surface area contributed by atoms with E-state index in [4.69, 9.17) is 9.47 Å². The Kier molecular flexibility index (Phi) is 7.87. The average molecular weight is 579 g/mol. The topological polar surface area (TPSA) is 119 Å². The maximum absolute atomic E-state index is 13.5. The summed E-state index contributed by atoms with van der Waals surface area (Å²) in [6.45, 7) is 8.36. The summed E-state index contributed by atoms with van der Waals surface area (Å²) < 4.78 is 39.5. The maximum atomic E-state index is 13.5. The summed E-state index contributed by atoms with van der Waals surface area (Å²) in [5.74, 6) is 0.714. The first-order valence-corrected chi connectivity index (χ1v) is 14.8. The van der Waals surface area contributed by atoms with Crippen molar-refractivity contribution in [1.29, 1.82) is 0 Å². The highest BCUT2D eigenvalue weighted by Crippen LogP contribution is 2.32. The van der Waals surface area contributed by atoms with Crippen LogP contribution in [0.25, 0.3) is 11.0 Å². The molecule has 3 heterocycles. The van der Waals surface area contributed by atoms with Gasteiger partial charge in [-0.25, -0.2) is 12.4 Å². The summed E-state index contributed by atoms with van der Waals surface area (Å²) in [4.78, 5) is 26.6. The number of carbonyl (C=O) groups excluding carboxylic acids is 1. The van der Waals surface area contributed by atoms with Gasteiger partial charge in [0.05, 0.1) is 29.7 Å². The Hall–Kier alpha value is -4.16. The van der Waals surface area contributed by atoms with E-state index in [9.17, 15) is 13.2 Å². The molecule has 1 aliphatic heterocycles. The van der Waals surface area contributed by atoms with Gasteiger partial charge in [-0.15, -0.1) is 0 Å². The van der Waals surface area contributed by atoms with Crippen molar-refractivity contribution in [1.82, 2.24) is 23.7 Å². The third-order valence-electron chi connectivity index (χ3n) is 7.12. The molecule has 0 spiro atoms. The third-order valence-corrected chi connectivity index (χ3v) is 8.80. The van der Waals surface area contributed by atoms with E-state index in [-0.39, 0.29) is 34.3 Å². The fourth-order valence-electron chi connectivity index (χ4n) is 4.94. The van der Waals surface area contributed by atoms with Crippen molar-refractivity contribution < 1.29 is 22.7 Å². The molecule has 1 saturated heterocycles. The molecule has 0 radical (unpaired) electrons. The minimum absolute atomic E-state index is 0.0640. The van der Waals surface area contributed by atoms with Crippen LogP contribution in [0.4, 0.5) is 11.6 Å². The van der Waals surface area contributed by atoms with E-state index in [1.807, 2.05) is 32.7 Å². The average Bonchev–Trinajstić information content (AvgIpc) is 3.38. The predicted molar refractivity (Wildman–Crippen MR) is 157 cm³/mol. The smallest absolute Gasteiger partial charge is 0.269 e. The molecule has 5 rings (SSSR count). The second-order valence-electron chi connectivity index (χ2n) is 10.1. The quantitative estimate of drug-likeness (QED) is 0.332. The Morgan fingerprint density at radius 1 is 1.10 bits per heavy atom. The zero-order valence-corrected chi connectivity index (χ0v) is 24.6. The van der Waals surface area contributed by atoms with Crippen molar-refractivity contribution in [2.75, 3.05) is 45.7 Å². The van der Waals surface area contributed by atoms with Crippen molar-refractivity contribution in [2.24, 2.45) is 0 Å². The van der Waals surface area contributed by atoms with Crippen LogP contribution in [0.5, 0.6) is 11.6 Å². The van der Waals surface area contributed by atoms with Gasteiger partial charge in [0.25, 0.3) is 15.9 Å². The number of anilines is 2. The van der Waals surface area contributed by atoms with Crippen LogP contribution in [0.3, 0.4) is 0 Å². The molecule has 0 bridgehead atoms. The number of piperazine rings is 1. The van der Waals surface area contributed by atoms with Gasteiger partial charge in [-0.3, -0.25) is 4.79 Å². The number of hydrogen-bond donors (Lipinski definition) is 1. The second-order valence-corrected chi connectivity index (χ2v) is 11.9. The van der Waals surface area contributed by atoms with Crippen LogP contribution >= 0.6 is 0 Å². The predicted octanol–water partition coefficient (Wildman–Crippen LogP) is 3.90. The van der Waals surface area contributed by atoms with Gasteiger partial charge in [0.2, 0.25) is 11.8 Å². The molecule has 12 heteroatoms. The Balaban J connectivity index is 1.50. The van der Waals surface area contributed by atoms with Crippen molar-refractivity contribution in [3.63, 3.8) is 0 Å². The minimum Gasteiger partial charge on any atom is -0.495 e. The normalized spacial score (nSPS) is 16.1. The number of carbonyl (C=O) groups is 1. The molecular weight excluding hydrogens is 544 g/mol. The molecule has 1 amide bonds. The van der Waals surface area contributed by atoms with Crippen LogP contribution in [0.2, 0.25) is 0 Å². The number of aryl methyl sites for hydroxylation is 1. The lowest BCUT2D eigenvalue weighted by atomic mass is 10.1. The van der Waals surface area contributed by atoms with Gasteiger partial charge in [0.15, 0.2) is 5.65 Å². The van der Waals surface area contributed by atoms with Gasteiger partial charge in [0.1, 0.15) is 5.75 Å². The highest BCUT2D eigenvalue weighted by atomic mass is 32.2. The molecule has 1 aliphatic rings. The number of amides is 1.